The Balaban J connectivity index is 0.000000360. The van der Waals surface area contributed by atoms with Crippen LogP contribution in [0.2, 0.25) is 0 Å². The third kappa shape index (κ3) is 1.63. The van der Waals surface area contributed by atoms with Crippen molar-refractivity contribution < 1.29 is 5.11 Å². The van der Waals surface area contributed by atoms with Crippen molar-refractivity contribution in [2.75, 3.05) is 6.54 Å². The van der Waals surface area contributed by atoms with Gasteiger partial charge in [-0.3, -0.25) is 0 Å². The predicted molar refractivity (Wildman–Crippen MR) is 30.4 cm³/mol. The highest BCUT2D eigenvalue weighted by molar-refractivity contribution is 5.85. The summed E-state index contributed by atoms with van der Waals surface area (Å²) in [6.07, 6.45) is 0.867. The molecule has 3 N–H and O–H groups in total. The van der Waals surface area contributed by atoms with E-state index >= 15 is 0 Å². The summed E-state index contributed by atoms with van der Waals surface area (Å²) in [7, 11) is 0. The van der Waals surface area contributed by atoms with Gasteiger partial charge in [-0.15, -0.1) is 12.4 Å². The summed E-state index contributed by atoms with van der Waals surface area (Å²) >= 11 is 0. The molecule has 2 nitrogen and oxygen atoms in total. The molecule has 1 saturated carbocycles. The SMILES string of the molecule is Cl.NCC1CC1O. The van der Waals surface area contributed by atoms with E-state index in [9.17, 15) is 0 Å². The molecule has 0 aliphatic heterocycles. The van der Waals surface area contributed by atoms with Crippen LogP contribution >= 0.6 is 12.4 Å². The first-order valence-electron chi connectivity index (χ1n) is 2.22. The van der Waals surface area contributed by atoms with E-state index in [1.165, 1.54) is 0 Å². The van der Waals surface area contributed by atoms with Crippen molar-refractivity contribution in [2.45, 2.75) is 12.5 Å². The Kier molecular flexibility index (Phi) is 2.58. The van der Waals surface area contributed by atoms with E-state index in [1.54, 1.807) is 0 Å². The van der Waals surface area contributed by atoms with Gasteiger partial charge >= 0.3 is 0 Å². The minimum Gasteiger partial charge on any atom is -0.393 e. The third-order valence-electron chi connectivity index (χ3n) is 1.19. The van der Waals surface area contributed by atoms with Crippen LogP contribution in [-0.4, -0.2) is 17.8 Å². The molecule has 0 heterocycles. The van der Waals surface area contributed by atoms with Gasteiger partial charge in [0.15, 0.2) is 0 Å². The van der Waals surface area contributed by atoms with Gasteiger partial charge in [-0.2, -0.15) is 0 Å². The van der Waals surface area contributed by atoms with Crippen LogP contribution in [0.15, 0.2) is 0 Å². The quantitative estimate of drug-likeness (QED) is 0.505. The lowest BCUT2D eigenvalue weighted by Gasteiger charge is -1.79. The van der Waals surface area contributed by atoms with E-state index in [-0.39, 0.29) is 18.5 Å². The fourth-order valence-electron chi connectivity index (χ4n) is 0.485. The van der Waals surface area contributed by atoms with Crippen molar-refractivity contribution in [2.24, 2.45) is 11.7 Å². The van der Waals surface area contributed by atoms with E-state index in [0.29, 0.717) is 12.5 Å². The monoisotopic (exact) mass is 123 g/mol. The normalized spacial score (nSPS) is 36.9. The second kappa shape index (κ2) is 2.50. The van der Waals surface area contributed by atoms with Gasteiger partial charge in [0.2, 0.25) is 0 Å². The summed E-state index contributed by atoms with van der Waals surface area (Å²) < 4.78 is 0. The summed E-state index contributed by atoms with van der Waals surface area (Å²) in [5.74, 6) is 0.435. The Morgan fingerprint density at radius 2 is 2.14 bits per heavy atom. The lowest BCUT2D eigenvalue weighted by atomic mass is 10.4. The molecule has 1 aliphatic carbocycles. The molecule has 0 spiro atoms. The maximum absolute atomic E-state index is 8.55. The van der Waals surface area contributed by atoms with Crippen LogP contribution in [0, 0.1) is 5.92 Å². The van der Waals surface area contributed by atoms with Gasteiger partial charge in [-0.25, -0.2) is 0 Å². The molecule has 3 heteroatoms. The van der Waals surface area contributed by atoms with Crippen molar-refractivity contribution in [3.63, 3.8) is 0 Å². The molecule has 0 saturated heterocycles. The zero-order chi connectivity index (χ0) is 4.57. The van der Waals surface area contributed by atoms with Crippen molar-refractivity contribution >= 4 is 12.4 Å². The average Bonchev–Trinajstić information content (AvgIpc) is 2.19. The van der Waals surface area contributed by atoms with Gasteiger partial charge in [0.25, 0.3) is 0 Å². The van der Waals surface area contributed by atoms with Crippen LogP contribution in [0.25, 0.3) is 0 Å². The van der Waals surface area contributed by atoms with Crippen LogP contribution in [0.1, 0.15) is 6.42 Å². The van der Waals surface area contributed by atoms with E-state index < -0.39 is 0 Å². The van der Waals surface area contributed by atoms with Crippen molar-refractivity contribution in [3.05, 3.63) is 0 Å². The van der Waals surface area contributed by atoms with Gasteiger partial charge < -0.3 is 10.8 Å². The maximum Gasteiger partial charge on any atom is 0.0585 e. The van der Waals surface area contributed by atoms with Crippen molar-refractivity contribution in [1.82, 2.24) is 0 Å². The Bertz CT molecular complexity index is 57.7. The van der Waals surface area contributed by atoms with Crippen LogP contribution in [-0.2, 0) is 0 Å². The predicted octanol–water partition coefficient (Wildman–Crippen LogP) is -0.252. The van der Waals surface area contributed by atoms with Crippen LogP contribution in [0.5, 0.6) is 0 Å². The zero-order valence-corrected chi connectivity index (χ0v) is 4.82. The van der Waals surface area contributed by atoms with Crippen LogP contribution in [0.3, 0.4) is 0 Å². The number of hydrogen-bond donors (Lipinski definition) is 2. The second-order valence-electron chi connectivity index (χ2n) is 1.80. The van der Waals surface area contributed by atoms with Crippen LogP contribution < -0.4 is 5.73 Å². The van der Waals surface area contributed by atoms with Gasteiger partial charge in [0.1, 0.15) is 0 Å². The fourth-order valence-corrected chi connectivity index (χ4v) is 0.485. The van der Waals surface area contributed by atoms with Gasteiger partial charge in [0.05, 0.1) is 6.10 Å². The molecule has 0 amide bonds. The summed E-state index contributed by atoms with van der Waals surface area (Å²) in [4.78, 5) is 0. The van der Waals surface area contributed by atoms with Crippen LogP contribution in [0.4, 0.5) is 0 Å². The summed E-state index contributed by atoms with van der Waals surface area (Å²) in [5.41, 5.74) is 5.16. The number of aliphatic hydroxyl groups excluding tert-OH is 1. The first-order valence-corrected chi connectivity index (χ1v) is 2.22. The molecule has 7 heavy (non-hydrogen) atoms. The van der Waals surface area contributed by atoms with Gasteiger partial charge in [-0.1, -0.05) is 0 Å². The summed E-state index contributed by atoms with van der Waals surface area (Å²) in [6, 6.07) is 0. The van der Waals surface area contributed by atoms with Crippen molar-refractivity contribution in [1.29, 1.82) is 0 Å². The average molecular weight is 124 g/mol. The molecule has 2 unspecified atom stereocenters. The first-order chi connectivity index (χ1) is 2.84. The minimum absolute atomic E-state index is 0. The highest BCUT2D eigenvalue weighted by Crippen LogP contribution is 2.27. The Hall–Kier alpha value is 0.210. The molecule has 44 valence electrons. The lowest BCUT2D eigenvalue weighted by molar-refractivity contribution is 0.261. The second-order valence-corrected chi connectivity index (χ2v) is 1.80. The Morgan fingerprint density at radius 1 is 1.71 bits per heavy atom. The molecule has 0 bridgehead atoms. The Labute approximate surface area is 49.1 Å². The highest BCUT2D eigenvalue weighted by Gasteiger charge is 2.33. The van der Waals surface area contributed by atoms with Gasteiger partial charge in [-0.05, 0) is 18.9 Å². The molecular formula is C4H10ClNO. The number of hydrogen-bond acceptors (Lipinski definition) is 2. The minimum atomic E-state index is -0.0602. The topological polar surface area (TPSA) is 46.2 Å². The first kappa shape index (κ1) is 7.21. The molecule has 0 aromatic heterocycles. The zero-order valence-electron chi connectivity index (χ0n) is 4.00. The Morgan fingerprint density at radius 3 is 2.14 bits per heavy atom. The molecule has 0 aromatic rings. The van der Waals surface area contributed by atoms with E-state index in [1.807, 2.05) is 0 Å². The molecule has 0 aromatic carbocycles. The maximum atomic E-state index is 8.55. The van der Waals surface area contributed by atoms with Gasteiger partial charge in [0, 0.05) is 0 Å². The number of rotatable bonds is 1. The number of nitrogens with two attached hydrogens (primary N) is 1. The number of aliphatic hydroxyl groups is 1. The van der Waals surface area contributed by atoms with E-state index in [0.717, 1.165) is 6.42 Å². The van der Waals surface area contributed by atoms with Crippen molar-refractivity contribution in [3.8, 4) is 0 Å². The highest BCUT2D eigenvalue weighted by atomic mass is 35.5. The molecule has 0 radical (unpaired) electrons. The molecule has 1 fully saturated rings. The smallest absolute Gasteiger partial charge is 0.0585 e. The van der Waals surface area contributed by atoms with E-state index in [4.69, 9.17) is 10.8 Å². The molecule has 1 aliphatic rings. The standard InChI is InChI=1S/C4H9NO.ClH/c5-2-3-1-4(3)6;/h3-4,6H,1-2,5H2;1H. The third-order valence-corrected chi connectivity index (χ3v) is 1.19. The molecule has 1 rings (SSSR count). The summed E-state index contributed by atoms with van der Waals surface area (Å²) in [6.45, 7) is 0.654. The lowest BCUT2D eigenvalue weighted by Crippen LogP contribution is -2.03. The largest absolute Gasteiger partial charge is 0.393 e. The number of halogens is 1. The fraction of sp³-hybridized carbons (Fsp3) is 1.00. The summed E-state index contributed by atoms with van der Waals surface area (Å²) in [5, 5.41) is 8.55. The van der Waals surface area contributed by atoms with E-state index in [2.05, 4.69) is 0 Å². The molecule has 2 atom stereocenters. The molecular weight excluding hydrogens is 114 g/mol.